The van der Waals surface area contributed by atoms with E-state index in [2.05, 4.69) is 26.6 Å². The van der Waals surface area contributed by atoms with Crippen molar-refractivity contribution < 1.29 is 4.79 Å². The molecule has 5 heteroatoms. The fourth-order valence-electron chi connectivity index (χ4n) is 1.46. The van der Waals surface area contributed by atoms with Gasteiger partial charge in [0, 0.05) is 21.2 Å². The molecule has 0 saturated heterocycles. The second-order valence-corrected chi connectivity index (χ2v) is 5.56. The van der Waals surface area contributed by atoms with Crippen molar-refractivity contribution in [1.29, 1.82) is 0 Å². The van der Waals surface area contributed by atoms with Crippen LogP contribution in [-0.4, -0.2) is 18.0 Å². The van der Waals surface area contributed by atoms with Gasteiger partial charge >= 0.3 is 0 Å². The highest BCUT2D eigenvalue weighted by molar-refractivity contribution is 9.10. The summed E-state index contributed by atoms with van der Waals surface area (Å²) in [5.41, 5.74) is 0.868. The van der Waals surface area contributed by atoms with Crippen molar-refractivity contribution in [3.8, 4) is 0 Å². The van der Waals surface area contributed by atoms with Crippen LogP contribution in [0, 0.1) is 0 Å². The van der Waals surface area contributed by atoms with E-state index in [0.29, 0.717) is 11.1 Å². The molecule has 0 radical (unpaired) electrons. The zero-order chi connectivity index (χ0) is 12.4. The van der Waals surface area contributed by atoms with Gasteiger partial charge in [0.15, 0.2) is 0 Å². The number of carbonyl (C=O) groups is 1. The van der Waals surface area contributed by atoms with Crippen molar-refractivity contribution in [3.05, 3.63) is 27.7 Å². The molecule has 2 rings (SSSR count). The minimum absolute atomic E-state index is 0.0364. The predicted octanol–water partition coefficient (Wildman–Crippen LogP) is 3.18. The number of hydrogen-bond acceptors (Lipinski definition) is 2. The van der Waals surface area contributed by atoms with E-state index in [1.807, 2.05) is 13.0 Å². The maximum atomic E-state index is 11.8. The minimum atomic E-state index is -0.256. The van der Waals surface area contributed by atoms with Crippen LogP contribution in [0.4, 0.5) is 5.69 Å². The Labute approximate surface area is 114 Å². The average molecular weight is 318 g/mol. The molecule has 0 bridgehead atoms. The molecule has 2 N–H and O–H groups in total. The molecule has 92 valence electrons. The molecule has 1 atom stereocenters. The van der Waals surface area contributed by atoms with Gasteiger partial charge in [-0.05, 0) is 53.9 Å². The highest BCUT2D eigenvalue weighted by Crippen LogP contribution is 2.26. The van der Waals surface area contributed by atoms with E-state index in [9.17, 15) is 4.79 Å². The van der Waals surface area contributed by atoms with Crippen LogP contribution < -0.4 is 10.6 Å². The van der Waals surface area contributed by atoms with Gasteiger partial charge in [0.2, 0.25) is 5.91 Å². The fraction of sp³-hybridized carbons (Fsp3) is 0.417. The lowest BCUT2D eigenvalue weighted by Crippen LogP contribution is -2.38. The van der Waals surface area contributed by atoms with E-state index in [-0.39, 0.29) is 11.9 Å². The van der Waals surface area contributed by atoms with Gasteiger partial charge in [0.1, 0.15) is 6.04 Å². The van der Waals surface area contributed by atoms with Crippen LogP contribution in [0.1, 0.15) is 19.8 Å². The summed E-state index contributed by atoms with van der Waals surface area (Å²) in [5, 5.41) is 6.78. The summed E-state index contributed by atoms with van der Waals surface area (Å²) in [7, 11) is 0. The van der Waals surface area contributed by atoms with Gasteiger partial charge in [-0.2, -0.15) is 0 Å². The number of nitrogens with one attached hydrogen (secondary N) is 2. The van der Waals surface area contributed by atoms with Crippen molar-refractivity contribution >= 4 is 39.1 Å². The fourth-order valence-corrected chi connectivity index (χ4v) is 2.26. The summed E-state index contributed by atoms with van der Waals surface area (Å²) >= 11 is 9.27. The molecule has 0 heterocycles. The van der Waals surface area contributed by atoms with E-state index >= 15 is 0 Å². The molecule has 1 aliphatic rings. The molecule has 17 heavy (non-hydrogen) atoms. The van der Waals surface area contributed by atoms with Gasteiger partial charge in [-0.1, -0.05) is 11.6 Å². The minimum Gasteiger partial charge on any atom is -0.373 e. The molecule has 1 aliphatic carbocycles. The standard InChI is InChI=1S/C12H14BrClN2O/c1-7(12(17)16-9-3-4-9)15-11-5-2-8(14)6-10(11)13/h2,5-7,9,15H,3-4H2,1H3,(H,16,17). The lowest BCUT2D eigenvalue weighted by Gasteiger charge is -2.16. The van der Waals surface area contributed by atoms with Crippen LogP contribution >= 0.6 is 27.5 Å². The molecule has 1 saturated carbocycles. The summed E-state index contributed by atoms with van der Waals surface area (Å²) in [6.07, 6.45) is 2.20. The topological polar surface area (TPSA) is 41.1 Å². The Hall–Kier alpha value is -0.740. The number of halogens is 2. The monoisotopic (exact) mass is 316 g/mol. The van der Waals surface area contributed by atoms with E-state index in [4.69, 9.17) is 11.6 Å². The molecule has 3 nitrogen and oxygen atoms in total. The number of amides is 1. The Morgan fingerprint density at radius 3 is 2.82 bits per heavy atom. The van der Waals surface area contributed by atoms with Gasteiger partial charge in [-0.3, -0.25) is 4.79 Å². The summed E-state index contributed by atoms with van der Waals surface area (Å²) < 4.78 is 0.857. The predicted molar refractivity (Wildman–Crippen MR) is 73.4 cm³/mol. The number of benzene rings is 1. The molecular weight excluding hydrogens is 304 g/mol. The first-order valence-electron chi connectivity index (χ1n) is 5.58. The van der Waals surface area contributed by atoms with Crippen molar-refractivity contribution in [2.24, 2.45) is 0 Å². The van der Waals surface area contributed by atoms with Crippen LogP contribution in [0.25, 0.3) is 0 Å². The largest absolute Gasteiger partial charge is 0.373 e. The number of rotatable bonds is 4. The summed E-state index contributed by atoms with van der Waals surface area (Å²) in [4.78, 5) is 11.8. The van der Waals surface area contributed by atoms with Crippen LogP contribution in [0.5, 0.6) is 0 Å². The highest BCUT2D eigenvalue weighted by atomic mass is 79.9. The lowest BCUT2D eigenvalue weighted by molar-refractivity contribution is -0.121. The van der Waals surface area contributed by atoms with E-state index in [0.717, 1.165) is 23.0 Å². The molecule has 0 aromatic heterocycles. The Bertz CT molecular complexity index is 435. The van der Waals surface area contributed by atoms with Crippen LogP contribution in [0.2, 0.25) is 5.02 Å². The molecule has 1 fully saturated rings. The van der Waals surface area contributed by atoms with Crippen LogP contribution in [-0.2, 0) is 4.79 Å². The van der Waals surface area contributed by atoms with E-state index < -0.39 is 0 Å². The normalized spacial score (nSPS) is 16.4. The molecular formula is C12H14BrClN2O. The molecule has 0 spiro atoms. The third-order valence-electron chi connectivity index (χ3n) is 2.62. The van der Waals surface area contributed by atoms with Gasteiger partial charge < -0.3 is 10.6 Å². The summed E-state index contributed by atoms with van der Waals surface area (Å²) in [5.74, 6) is 0.0364. The van der Waals surface area contributed by atoms with E-state index in [1.54, 1.807) is 12.1 Å². The Morgan fingerprint density at radius 1 is 1.53 bits per heavy atom. The van der Waals surface area contributed by atoms with Crippen molar-refractivity contribution in [3.63, 3.8) is 0 Å². The van der Waals surface area contributed by atoms with Gasteiger partial charge in [0.25, 0.3) is 0 Å². The Morgan fingerprint density at radius 2 is 2.24 bits per heavy atom. The van der Waals surface area contributed by atoms with E-state index in [1.165, 1.54) is 0 Å². The maximum absolute atomic E-state index is 11.8. The average Bonchev–Trinajstić information content (AvgIpc) is 3.06. The first kappa shape index (κ1) is 12.7. The smallest absolute Gasteiger partial charge is 0.242 e. The molecule has 1 amide bonds. The molecule has 1 unspecified atom stereocenters. The Kier molecular flexibility index (Phi) is 3.94. The lowest BCUT2D eigenvalue weighted by atomic mass is 10.2. The summed E-state index contributed by atoms with van der Waals surface area (Å²) in [6.45, 7) is 1.85. The zero-order valence-corrected chi connectivity index (χ0v) is 11.8. The number of carbonyl (C=O) groups excluding carboxylic acids is 1. The zero-order valence-electron chi connectivity index (χ0n) is 9.47. The second kappa shape index (κ2) is 5.27. The summed E-state index contributed by atoms with van der Waals surface area (Å²) in [6, 6.07) is 5.58. The van der Waals surface area contributed by atoms with Crippen molar-refractivity contribution in [1.82, 2.24) is 5.32 Å². The van der Waals surface area contributed by atoms with Crippen molar-refractivity contribution in [2.75, 3.05) is 5.32 Å². The second-order valence-electron chi connectivity index (χ2n) is 4.27. The molecule has 0 aliphatic heterocycles. The quantitative estimate of drug-likeness (QED) is 0.895. The van der Waals surface area contributed by atoms with Crippen LogP contribution in [0.15, 0.2) is 22.7 Å². The third kappa shape index (κ3) is 3.61. The molecule has 1 aromatic rings. The van der Waals surface area contributed by atoms with Crippen molar-refractivity contribution in [2.45, 2.75) is 31.8 Å². The molecule has 1 aromatic carbocycles. The van der Waals surface area contributed by atoms with Gasteiger partial charge in [-0.15, -0.1) is 0 Å². The highest BCUT2D eigenvalue weighted by Gasteiger charge is 2.25. The van der Waals surface area contributed by atoms with Gasteiger partial charge in [0.05, 0.1) is 0 Å². The first-order valence-corrected chi connectivity index (χ1v) is 6.75. The maximum Gasteiger partial charge on any atom is 0.242 e. The van der Waals surface area contributed by atoms with Gasteiger partial charge in [-0.25, -0.2) is 0 Å². The number of hydrogen-bond donors (Lipinski definition) is 2. The first-order chi connectivity index (χ1) is 8.06. The number of anilines is 1. The third-order valence-corrected chi connectivity index (χ3v) is 3.51. The Balaban J connectivity index is 1.96. The van der Waals surface area contributed by atoms with Crippen LogP contribution in [0.3, 0.4) is 0 Å². The SMILES string of the molecule is CC(Nc1ccc(Cl)cc1Br)C(=O)NC1CC1.